The van der Waals surface area contributed by atoms with Gasteiger partial charge >= 0.3 is 5.69 Å². The van der Waals surface area contributed by atoms with Crippen LogP contribution in [0.25, 0.3) is 22.2 Å². The molecule has 0 radical (unpaired) electrons. The summed E-state index contributed by atoms with van der Waals surface area (Å²) >= 11 is 0. The first-order valence-electron chi connectivity index (χ1n) is 7.64. The van der Waals surface area contributed by atoms with Crippen molar-refractivity contribution in [1.29, 1.82) is 0 Å². The van der Waals surface area contributed by atoms with E-state index in [4.69, 9.17) is 4.74 Å². The monoisotopic (exact) mass is 321 g/mol. The maximum Gasteiger partial charge on any atom is 0.340 e. The van der Waals surface area contributed by atoms with Gasteiger partial charge in [-0.05, 0) is 31.2 Å². The van der Waals surface area contributed by atoms with E-state index in [1.54, 1.807) is 24.3 Å². The fourth-order valence-electron chi connectivity index (χ4n) is 2.86. The van der Waals surface area contributed by atoms with Crippen LogP contribution in [0, 0.1) is 0 Å². The van der Waals surface area contributed by atoms with Gasteiger partial charge in [0.1, 0.15) is 11.3 Å². The first-order chi connectivity index (χ1) is 11.7. The molecule has 4 aromatic rings. The van der Waals surface area contributed by atoms with Crippen LogP contribution in [0.1, 0.15) is 6.92 Å². The number of hydrogen-bond donors (Lipinski definition) is 1. The molecule has 24 heavy (non-hydrogen) atoms. The van der Waals surface area contributed by atoms with Gasteiger partial charge in [-0.1, -0.05) is 18.2 Å². The molecule has 0 saturated heterocycles. The summed E-state index contributed by atoms with van der Waals surface area (Å²) in [5.74, 6) is 0.492. The standard InChI is InChI=1S/C18H15N3O3/c1-2-24-13-7-5-6-12(10-13)20-17(22)16-11-19-14-8-3-4-9-15(14)21(16)18(20)23/h3-11,22H,2H2,1H3. The predicted octanol–water partition coefficient (Wildman–Crippen LogP) is 2.74. The van der Waals surface area contributed by atoms with E-state index in [0.717, 1.165) is 0 Å². The Labute approximate surface area is 137 Å². The molecule has 0 unspecified atom stereocenters. The lowest BCUT2D eigenvalue weighted by molar-refractivity contribution is 0.340. The molecule has 120 valence electrons. The second-order valence-corrected chi connectivity index (χ2v) is 5.34. The van der Waals surface area contributed by atoms with Crippen molar-refractivity contribution in [2.75, 3.05) is 6.61 Å². The van der Waals surface area contributed by atoms with E-state index in [1.807, 2.05) is 31.2 Å². The number of hydrogen-bond acceptors (Lipinski definition) is 4. The molecule has 0 amide bonds. The number of aromatic nitrogens is 3. The van der Waals surface area contributed by atoms with Gasteiger partial charge in [0.25, 0.3) is 0 Å². The molecule has 0 spiro atoms. The van der Waals surface area contributed by atoms with Crippen LogP contribution in [0.4, 0.5) is 0 Å². The maximum absolute atomic E-state index is 12.9. The summed E-state index contributed by atoms with van der Waals surface area (Å²) in [6.45, 7) is 2.41. The van der Waals surface area contributed by atoms with Crippen LogP contribution in [-0.4, -0.2) is 25.7 Å². The molecule has 2 aromatic carbocycles. The van der Waals surface area contributed by atoms with Gasteiger partial charge in [0.15, 0.2) is 0 Å². The van der Waals surface area contributed by atoms with E-state index in [0.29, 0.717) is 34.6 Å². The van der Waals surface area contributed by atoms with Crippen LogP contribution in [0.15, 0.2) is 59.5 Å². The lowest BCUT2D eigenvalue weighted by Crippen LogP contribution is -2.19. The van der Waals surface area contributed by atoms with E-state index in [-0.39, 0.29) is 11.6 Å². The summed E-state index contributed by atoms with van der Waals surface area (Å²) < 4.78 is 8.20. The summed E-state index contributed by atoms with van der Waals surface area (Å²) in [7, 11) is 0. The Bertz CT molecular complexity index is 1110. The minimum absolute atomic E-state index is 0.146. The summed E-state index contributed by atoms with van der Waals surface area (Å²) in [6, 6.07) is 14.4. The largest absolute Gasteiger partial charge is 0.494 e. The van der Waals surface area contributed by atoms with Crippen LogP contribution >= 0.6 is 0 Å². The summed E-state index contributed by atoms with van der Waals surface area (Å²) in [5.41, 5.74) is 1.88. The molecule has 0 atom stereocenters. The smallest absolute Gasteiger partial charge is 0.340 e. The van der Waals surface area contributed by atoms with Gasteiger partial charge in [-0.25, -0.2) is 9.36 Å². The average molecular weight is 321 g/mol. The first kappa shape index (κ1) is 14.3. The van der Waals surface area contributed by atoms with Crippen molar-refractivity contribution in [2.24, 2.45) is 0 Å². The van der Waals surface area contributed by atoms with Crippen molar-refractivity contribution in [3.05, 3.63) is 65.2 Å². The molecular formula is C18H15N3O3. The van der Waals surface area contributed by atoms with Gasteiger partial charge in [-0.2, -0.15) is 0 Å². The second-order valence-electron chi connectivity index (χ2n) is 5.34. The minimum atomic E-state index is -0.352. The van der Waals surface area contributed by atoms with E-state index in [1.165, 1.54) is 15.2 Å². The van der Waals surface area contributed by atoms with Crippen molar-refractivity contribution in [2.45, 2.75) is 6.92 Å². The SMILES string of the molecule is CCOc1cccc(-n2c(O)c3cnc4ccccc4n3c2=O)c1. The van der Waals surface area contributed by atoms with Gasteiger partial charge in [0, 0.05) is 6.07 Å². The summed E-state index contributed by atoms with van der Waals surface area (Å²) in [6.07, 6.45) is 1.50. The third-order valence-corrected chi connectivity index (χ3v) is 3.90. The lowest BCUT2D eigenvalue weighted by atomic mass is 10.3. The first-order valence-corrected chi connectivity index (χ1v) is 7.64. The second kappa shape index (κ2) is 5.42. The predicted molar refractivity (Wildman–Crippen MR) is 91.1 cm³/mol. The highest BCUT2D eigenvalue weighted by Gasteiger charge is 2.17. The number of nitrogens with zero attached hydrogens (tertiary/aromatic N) is 3. The molecule has 0 saturated carbocycles. The number of imidazole rings is 1. The summed E-state index contributed by atoms with van der Waals surface area (Å²) in [4.78, 5) is 17.2. The number of ether oxygens (including phenoxy) is 1. The minimum Gasteiger partial charge on any atom is -0.494 e. The topological polar surface area (TPSA) is 68.8 Å². The highest BCUT2D eigenvalue weighted by Crippen LogP contribution is 2.25. The number of benzene rings is 2. The molecular weight excluding hydrogens is 306 g/mol. The number of fused-ring (bicyclic) bond motifs is 3. The molecule has 1 N–H and O–H groups in total. The Morgan fingerprint density at radius 1 is 1.12 bits per heavy atom. The van der Waals surface area contributed by atoms with E-state index in [9.17, 15) is 9.90 Å². The Kier molecular flexibility index (Phi) is 3.23. The van der Waals surface area contributed by atoms with Crippen LogP contribution in [0.3, 0.4) is 0 Å². The Balaban J connectivity index is 2.05. The molecule has 6 nitrogen and oxygen atoms in total. The van der Waals surface area contributed by atoms with Crippen molar-refractivity contribution in [3.63, 3.8) is 0 Å². The van der Waals surface area contributed by atoms with Gasteiger partial charge in [-0.15, -0.1) is 0 Å². The van der Waals surface area contributed by atoms with Crippen LogP contribution in [-0.2, 0) is 0 Å². The lowest BCUT2D eigenvalue weighted by Gasteiger charge is -2.06. The van der Waals surface area contributed by atoms with Gasteiger partial charge in [0.2, 0.25) is 5.88 Å². The van der Waals surface area contributed by atoms with Crippen LogP contribution in [0.2, 0.25) is 0 Å². The zero-order valence-electron chi connectivity index (χ0n) is 13.0. The van der Waals surface area contributed by atoms with Gasteiger partial charge in [0.05, 0.1) is 29.5 Å². The highest BCUT2D eigenvalue weighted by atomic mass is 16.5. The van der Waals surface area contributed by atoms with E-state index >= 15 is 0 Å². The molecule has 0 bridgehead atoms. The quantitative estimate of drug-likeness (QED) is 0.630. The van der Waals surface area contributed by atoms with Crippen molar-refractivity contribution in [1.82, 2.24) is 14.0 Å². The van der Waals surface area contributed by atoms with Crippen molar-refractivity contribution >= 4 is 16.6 Å². The fraction of sp³-hybridized carbons (Fsp3) is 0.111. The number of para-hydroxylation sites is 2. The Morgan fingerprint density at radius 2 is 1.96 bits per heavy atom. The molecule has 6 heteroatoms. The normalized spacial score (nSPS) is 11.2. The number of rotatable bonds is 3. The average Bonchev–Trinajstić information content (AvgIpc) is 2.86. The number of aromatic hydroxyl groups is 1. The molecule has 2 heterocycles. The molecule has 0 aliphatic heterocycles. The molecule has 0 aliphatic carbocycles. The van der Waals surface area contributed by atoms with Crippen molar-refractivity contribution < 1.29 is 9.84 Å². The highest BCUT2D eigenvalue weighted by molar-refractivity contribution is 5.79. The Hall–Kier alpha value is -3.28. The maximum atomic E-state index is 12.9. The Morgan fingerprint density at radius 3 is 2.79 bits per heavy atom. The zero-order valence-corrected chi connectivity index (χ0v) is 13.0. The summed E-state index contributed by atoms with van der Waals surface area (Å²) in [5, 5.41) is 10.6. The molecule has 0 aliphatic rings. The van der Waals surface area contributed by atoms with Crippen LogP contribution < -0.4 is 10.4 Å². The van der Waals surface area contributed by atoms with Gasteiger partial charge < -0.3 is 9.84 Å². The van der Waals surface area contributed by atoms with Crippen molar-refractivity contribution in [3.8, 4) is 17.3 Å². The van der Waals surface area contributed by atoms with E-state index < -0.39 is 0 Å². The third-order valence-electron chi connectivity index (χ3n) is 3.90. The zero-order chi connectivity index (χ0) is 16.7. The molecule has 2 aromatic heterocycles. The van der Waals surface area contributed by atoms with Gasteiger partial charge in [-0.3, -0.25) is 9.38 Å². The van der Waals surface area contributed by atoms with Crippen LogP contribution in [0.5, 0.6) is 11.6 Å². The molecule has 0 fully saturated rings. The third kappa shape index (κ3) is 2.04. The molecule has 4 rings (SSSR count). The fourth-order valence-corrected chi connectivity index (χ4v) is 2.86. The van der Waals surface area contributed by atoms with E-state index in [2.05, 4.69) is 4.98 Å².